The number of anilines is 1. The van der Waals surface area contributed by atoms with E-state index in [2.05, 4.69) is 26.7 Å². The topological polar surface area (TPSA) is 58.6 Å². The van der Waals surface area contributed by atoms with Gasteiger partial charge < -0.3 is 14.5 Å². The van der Waals surface area contributed by atoms with E-state index in [1.807, 2.05) is 18.2 Å². The summed E-state index contributed by atoms with van der Waals surface area (Å²) in [5, 5.41) is 0.614. The molecule has 1 aromatic carbocycles. The zero-order chi connectivity index (χ0) is 19.5. The highest BCUT2D eigenvalue weighted by Gasteiger charge is 2.33. The van der Waals surface area contributed by atoms with Gasteiger partial charge in [-0.1, -0.05) is 30.5 Å². The summed E-state index contributed by atoms with van der Waals surface area (Å²) in [6.45, 7) is 4.36. The van der Waals surface area contributed by atoms with Gasteiger partial charge in [0.15, 0.2) is 0 Å². The van der Waals surface area contributed by atoms with Gasteiger partial charge in [0.05, 0.1) is 0 Å². The van der Waals surface area contributed by atoms with Gasteiger partial charge in [0, 0.05) is 42.7 Å². The third-order valence-electron chi connectivity index (χ3n) is 5.59. The minimum Gasteiger partial charge on any atom is -0.439 e. The minimum atomic E-state index is 0.161. The summed E-state index contributed by atoms with van der Waals surface area (Å²) >= 11 is 6.01. The Balaban J connectivity index is 1.42. The number of aromatic nitrogens is 2. The van der Waals surface area contributed by atoms with Crippen LogP contribution in [-0.2, 0) is 4.79 Å². The second kappa shape index (κ2) is 8.35. The van der Waals surface area contributed by atoms with E-state index in [0.717, 1.165) is 38.3 Å². The number of hydrogen-bond donors (Lipinski definition) is 0. The molecule has 1 saturated heterocycles. The van der Waals surface area contributed by atoms with Crippen molar-refractivity contribution in [3.05, 3.63) is 41.7 Å². The molecule has 1 atom stereocenters. The smallest absolute Gasteiger partial charge is 0.226 e. The normalized spacial score (nSPS) is 20.4. The molecule has 1 unspecified atom stereocenters. The van der Waals surface area contributed by atoms with Crippen molar-refractivity contribution in [3.8, 4) is 11.6 Å². The van der Waals surface area contributed by atoms with Crippen LogP contribution in [0.3, 0.4) is 0 Å². The lowest BCUT2D eigenvalue weighted by Crippen LogP contribution is -2.55. The Morgan fingerprint density at radius 2 is 2.00 bits per heavy atom. The van der Waals surface area contributed by atoms with E-state index in [-0.39, 0.29) is 12.0 Å². The Labute approximate surface area is 170 Å². The van der Waals surface area contributed by atoms with Crippen LogP contribution in [0.5, 0.6) is 11.6 Å². The Morgan fingerprint density at radius 3 is 2.75 bits per heavy atom. The van der Waals surface area contributed by atoms with Crippen molar-refractivity contribution in [3.63, 3.8) is 0 Å². The van der Waals surface area contributed by atoms with Crippen molar-refractivity contribution in [1.82, 2.24) is 14.9 Å². The van der Waals surface area contributed by atoms with Crippen molar-refractivity contribution in [2.24, 2.45) is 5.92 Å². The molecular weight excluding hydrogens is 376 g/mol. The third-order valence-corrected chi connectivity index (χ3v) is 5.82. The predicted molar refractivity (Wildman–Crippen MR) is 109 cm³/mol. The number of halogens is 1. The first-order valence-corrected chi connectivity index (χ1v) is 10.3. The summed E-state index contributed by atoms with van der Waals surface area (Å²) in [6.07, 6.45) is 5.96. The summed E-state index contributed by atoms with van der Waals surface area (Å²) in [5.74, 6) is 2.48. The van der Waals surface area contributed by atoms with Gasteiger partial charge >= 0.3 is 0 Å². The molecule has 28 heavy (non-hydrogen) atoms. The van der Waals surface area contributed by atoms with Gasteiger partial charge in [-0.05, 0) is 38.0 Å². The van der Waals surface area contributed by atoms with Gasteiger partial charge in [-0.25, -0.2) is 9.97 Å². The Hall–Kier alpha value is -2.34. The van der Waals surface area contributed by atoms with E-state index < -0.39 is 0 Å². The fourth-order valence-corrected chi connectivity index (χ4v) is 4.29. The van der Waals surface area contributed by atoms with Crippen LogP contribution in [0.25, 0.3) is 0 Å². The number of amides is 1. The maximum atomic E-state index is 12.8. The summed E-state index contributed by atoms with van der Waals surface area (Å²) in [4.78, 5) is 25.6. The molecule has 2 fully saturated rings. The SMILES string of the molecule is CC1CN(c2cc(Oc3cccc(Cl)c3)ncn2)CCN1C(=O)C1CCCC1. The number of nitrogens with zero attached hydrogens (tertiary/aromatic N) is 4. The van der Waals surface area contributed by atoms with E-state index in [4.69, 9.17) is 16.3 Å². The molecule has 0 spiro atoms. The number of benzene rings is 1. The lowest BCUT2D eigenvalue weighted by Gasteiger charge is -2.41. The van der Waals surface area contributed by atoms with Crippen LogP contribution in [0.4, 0.5) is 5.82 Å². The molecule has 7 heteroatoms. The van der Waals surface area contributed by atoms with Gasteiger partial charge in [0.25, 0.3) is 0 Å². The Kier molecular flexibility index (Phi) is 5.67. The molecule has 1 aliphatic carbocycles. The van der Waals surface area contributed by atoms with E-state index in [1.54, 1.807) is 12.1 Å². The van der Waals surface area contributed by atoms with E-state index in [9.17, 15) is 4.79 Å². The number of carbonyl (C=O) groups excluding carboxylic acids is 1. The van der Waals surface area contributed by atoms with Crippen molar-refractivity contribution in [1.29, 1.82) is 0 Å². The van der Waals surface area contributed by atoms with Crippen LogP contribution in [0.2, 0.25) is 5.02 Å². The minimum absolute atomic E-state index is 0.161. The summed E-state index contributed by atoms with van der Waals surface area (Å²) in [5.41, 5.74) is 0. The van der Waals surface area contributed by atoms with E-state index in [0.29, 0.717) is 22.6 Å². The molecule has 1 aliphatic heterocycles. The number of rotatable bonds is 4. The van der Waals surface area contributed by atoms with Crippen LogP contribution >= 0.6 is 11.6 Å². The molecule has 2 heterocycles. The lowest BCUT2D eigenvalue weighted by atomic mass is 10.0. The summed E-state index contributed by atoms with van der Waals surface area (Å²) in [7, 11) is 0. The van der Waals surface area contributed by atoms with Crippen LogP contribution in [0.15, 0.2) is 36.7 Å². The number of piperazine rings is 1. The van der Waals surface area contributed by atoms with Crippen LogP contribution in [0.1, 0.15) is 32.6 Å². The summed E-state index contributed by atoms with van der Waals surface area (Å²) < 4.78 is 5.82. The van der Waals surface area contributed by atoms with Crippen LogP contribution < -0.4 is 9.64 Å². The summed E-state index contributed by atoms with van der Waals surface area (Å²) in [6, 6.07) is 9.22. The molecule has 0 N–H and O–H groups in total. The average Bonchev–Trinajstić information content (AvgIpc) is 3.22. The van der Waals surface area contributed by atoms with E-state index >= 15 is 0 Å². The maximum absolute atomic E-state index is 12.8. The first-order chi connectivity index (χ1) is 13.6. The van der Waals surface area contributed by atoms with Gasteiger partial charge in [0.2, 0.25) is 11.8 Å². The molecule has 6 nitrogen and oxygen atoms in total. The largest absolute Gasteiger partial charge is 0.439 e. The zero-order valence-electron chi connectivity index (χ0n) is 16.1. The zero-order valence-corrected chi connectivity index (χ0v) is 16.8. The van der Waals surface area contributed by atoms with Crippen molar-refractivity contribution >= 4 is 23.3 Å². The van der Waals surface area contributed by atoms with Crippen LogP contribution in [-0.4, -0.2) is 46.5 Å². The van der Waals surface area contributed by atoms with Crippen molar-refractivity contribution < 1.29 is 9.53 Å². The molecule has 2 aromatic rings. The standard InChI is InChI=1S/C21H25ClN4O2/c1-15-13-25(9-10-26(15)21(27)16-5-2-3-6-16)19-12-20(24-14-23-19)28-18-8-4-7-17(22)11-18/h4,7-8,11-12,14-16H,2-3,5-6,9-10,13H2,1H3. The number of hydrogen-bond acceptors (Lipinski definition) is 5. The molecule has 0 radical (unpaired) electrons. The number of ether oxygens (including phenoxy) is 1. The molecule has 1 saturated carbocycles. The molecule has 1 amide bonds. The average molecular weight is 401 g/mol. The quantitative estimate of drug-likeness (QED) is 0.771. The first kappa shape index (κ1) is 19.0. The second-order valence-corrected chi connectivity index (χ2v) is 8.02. The molecule has 1 aromatic heterocycles. The molecule has 4 rings (SSSR count). The van der Waals surface area contributed by atoms with Gasteiger partial charge in [0.1, 0.15) is 17.9 Å². The molecule has 148 valence electrons. The van der Waals surface area contributed by atoms with Gasteiger partial charge in [-0.15, -0.1) is 0 Å². The lowest BCUT2D eigenvalue weighted by molar-refractivity contribution is -0.137. The fourth-order valence-electron chi connectivity index (χ4n) is 4.11. The fraction of sp³-hybridized carbons (Fsp3) is 0.476. The monoisotopic (exact) mass is 400 g/mol. The number of carbonyl (C=O) groups is 1. The highest BCUT2D eigenvalue weighted by atomic mass is 35.5. The highest BCUT2D eigenvalue weighted by molar-refractivity contribution is 6.30. The van der Waals surface area contributed by atoms with Gasteiger partial charge in [-0.3, -0.25) is 4.79 Å². The maximum Gasteiger partial charge on any atom is 0.226 e. The molecule has 0 bridgehead atoms. The van der Waals surface area contributed by atoms with Crippen molar-refractivity contribution in [2.75, 3.05) is 24.5 Å². The molecular formula is C21H25ClN4O2. The van der Waals surface area contributed by atoms with E-state index in [1.165, 1.54) is 19.2 Å². The molecule has 2 aliphatic rings. The van der Waals surface area contributed by atoms with Gasteiger partial charge in [-0.2, -0.15) is 0 Å². The predicted octanol–water partition coefficient (Wildman–Crippen LogP) is 4.15. The third kappa shape index (κ3) is 4.22. The Morgan fingerprint density at radius 1 is 1.18 bits per heavy atom. The Bertz CT molecular complexity index is 841. The second-order valence-electron chi connectivity index (χ2n) is 7.58. The van der Waals surface area contributed by atoms with Crippen molar-refractivity contribution in [2.45, 2.75) is 38.6 Å². The van der Waals surface area contributed by atoms with Crippen LogP contribution in [0, 0.1) is 5.92 Å². The first-order valence-electron chi connectivity index (χ1n) is 9.91. The highest BCUT2D eigenvalue weighted by Crippen LogP contribution is 2.29.